The predicted octanol–water partition coefficient (Wildman–Crippen LogP) is 1.74. The third-order valence-electron chi connectivity index (χ3n) is 2.65. The second-order valence-electron chi connectivity index (χ2n) is 4.28. The molecule has 1 aliphatic carbocycles. The molecule has 0 heterocycles. The van der Waals surface area contributed by atoms with Crippen molar-refractivity contribution in [2.45, 2.75) is 19.3 Å². The van der Waals surface area contributed by atoms with Gasteiger partial charge in [0.1, 0.15) is 0 Å². The van der Waals surface area contributed by atoms with Crippen LogP contribution in [0.4, 0.5) is 5.69 Å². The van der Waals surface area contributed by atoms with Gasteiger partial charge in [0, 0.05) is 17.7 Å². The van der Waals surface area contributed by atoms with Gasteiger partial charge < -0.3 is 11.1 Å². The second-order valence-corrected chi connectivity index (χ2v) is 4.28. The smallest absolute Gasteiger partial charge is 0.224 e. The van der Waals surface area contributed by atoms with Crippen molar-refractivity contribution in [3.63, 3.8) is 0 Å². The van der Waals surface area contributed by atoms with Crippen LogP contribution in [0.2, 0.25) is 0 Å². The molecule has 1 saturated carbocycles. The van der Waals surface area contributed by atoms with E-state index in [0.717, 1.165) is 11.3 Å². The molecule has 2 rings (SSSR count). The van der Waals surface area contributed by atoms with Gasteiger partial charge in [-0.1, -0.05) is 17.9 Å². The summed E-state index contributed by atoms with van der Waals surface area (Å²) in [6.45, 7) is 0.346. The number of carbonyl (C=O) groups is 1. The lowest BCUT2D eigenvalue weighted by atomic mass is 10.2. The van der Waals surface area contributed by atoms with Crippen LogP contribution in [0, 0.1) is 17.8 Å². The summed E-state index contributed by atoms with van der Waals surface area (Å²) in [5, 5.41) is 2.89. The molecule has 88 valence electrons. The van der Waals surface area contributed by atoms with Crippen molar-refractivity contribution in [2.75, 3.05) is 11.9 Å². The molecule has 0 bridgehead atoms. The van der Waals surface area contributed by atoms with E-state index in [9.17, 15) is 4.79 Å². The molecule has 0 atom stereocenters. The minimum Gasteiger partial charge on any atom is -0.326 e. The van der Waals surface area contributed by atoms with Crippen molar-refractivity contribution in [3.8, 4) is 11.8 Å². The Balaban J connectivity index is 1.97. The Kier molecular flexibility index (Phi) is 3.79. The molecule has 3 heteroatoms. The summed E-state index contributed by atoms with van der Waals surface area (Å²) in [4.78, 5) is 11.6. The molecule has 3 N–H and O–H groups in total. The first-order valence-corrected chi connectivity index (χ1v) is 5.87. The van der Waals surface area contributed by atoms with E-state index in [1.165, 1.54) is 12.8 Å². The standard InChI is InChI=1S/C14H16N2O/c15-8-2-4-11-3-1-5-13(9-11)16-14(17)10-12-6-7-12/h1,3,5,9,12H,6-8,10,15H2,(H,16,17). The zero-order valence-electron chi connectivity index (χ0n) is 9.70. The van der Waals surface area contributed by atoms with Crippen LogP contribution >= 0.6 is 0 Å². The highest BCUT2D eigenvalue weighted by Crippen LogP contribution is 2.32. The van der Waals surface area contributed by atoms with E-state index in [0.29, 0.717) is 18.9 Å². The molecule has 17 heavy (non-hydrogen) atoms. The van der Waals surface area contributed by atoms with E-state index < -0.39 is 0 Å². The van der Waals surface area contributed by atoms with Gasteiger partial charge in [-0.2, -0.15) is 0 Å². The van der Waals surface area contributed by atoms with Crippen LogP contribution < -0.4 is 11.1 Å². The first kappa shape index (κ1) is 11.7. The number of amides is 1. The third kappa shape index (κ3) is 3.93. The van der Waals surface area contributed by atoms with Crippen molar-refractivity contribution >= 4 is 11.6 Å². The van der Waals surface area contributed by atoms with E-state index in [1.54, 1.807) is 0 Å². The monoisotopic (exact) mass is 228 g/mol. The first-order chi connectivity index (χ1) is 8.28. The molecule has 0 radical (unpaired) electrons. The number of nitrogens with one attached hydrogen (secondary N) is 1. The molecule has 0 aromatic heterocycles. The normalized spacial score (nSPS) is 13.7. The van der Waals surface area contributed by atoms with Crippen molar-refractivity contribution in [2.24, 2.45) is 11.7 Å². The van der Waals surface area contributed by atoms with E-state index in [4.69, 9.17) is 5.73 Å². The molecule has 1 aromatic rings. The number of anilines is 1. The lowest BCUT2D eigenvalue weighted by Crippen LogP contribution is -2.11. The summed E-state index contributed by atoms with van der Waals surface area (Å²) >= 11 is 0. The van der Waals surface area contributed by atoms with Crippen LogP contribution in [-0.2, 0) is 4.79 Å². The van der Waals surface area contributed by atoms with Crippen molar-refractivity contribution in [1.29, 1.82) is 0 Å². The predicted molar refractivity (Wildman–Crippen MR) is 68.3 cm³/mol. The molecule has 0 spiro atoms. The lowest BCUT2D eigenvalue weighted by Gasteiger charge is -2.04. The number of carbonyl (C=O) groups excluding carboxylic acids is 1. The van der Waals surface area contributed by atoms with Gasteiger partial charge in [-0.15, -0.1) is 0 Å². The third-order valence-corrected chi connectivity index (χ3v) is 2.65. The van der Waals surface area contributed by atoms with E-state index in [-0.39, 0.29) is 5.91 Å². The average Bonchev–Trinajstić information content (AvgIpc) is 3.10. The van der Waals surface area contributed by atoms with Gasteiger partial charge in [0.15, 0.2) is 0 Å². The van der Waals surface area contributed by atoms with Crippen LogP contribution in [0.3, 0.4) is 0 Å². The van der Waals surface area contributed by atoms with Gasteiger partial charge in [0.2, 0.25) is 5.91 Å². The van der Waals surface area contributed by atoms with Crippen molar-refractivity contribution in [3.05, 3.63) is 29.8 Å². The number of hydrogen-bond donors (Lipinski definition) is 2. The summed E-state index contributed by atoms with van der Waals surface area (Å²) < 4.78 is 0. The average molecular weight is 228 g/mol. The highest BCUT2D eigenvalue weighted by molar-refractivity contribution is 5.91. The Morgan fingerprint density at radius 3 is 3.00 bits per heavy atom. The van der Waals surface area contributed by atoms with Gasteiger partial charge in [-0.3, -0.25) is 4.79 Å². The zero-order chi connectivity index (χ0) is 12.1. The Hall–Kier alpha value is -1.79. The minimum atomic E-state index is 0.0939. The number of rotatable bonds is 3. The fraction of sp³-hybridized carbons (Fsp3) is 0.357. The van der Waals surface area contributed by atoms with Crippen LogP contribution in [0.25, 0.3) is 0 Å². The Morgan fingerprint density at radius 2 is 2.29 bits per heavy atom. The summed E-state index contributed by atoms with van der Waals surface area (Å²) in [5.41, 5.74) is 6.99. The van der Waals surface area contributed by atoms with Gasteiger partial charge in [0.25, 0.3) is 0 Å². The number of nitrogens with two attached hydrogens (primary N) is 1. The second kappa shape index (κ2) is 5.51. The van der Waals surface area contributed by atoms with E-state index in [1.807, 2.05) is 24.3 Å². The number of hydrogen-bond acceptors (Lipinski definition) is 2. The van der Waals surface area contributed by atoms with Crippen LogP contribution in [0.5, 0.6) is 0 Å². The molecule has 1 aromatic carbocycles. The molecule has 1 aliphatic rings. The van der Waals surface area contributed by atoms with Crippen LogP contribution in [0.15, 0.2) is 24.3 Å². The largest absolute Gasteiger partial charge is 0.326 e. The maximum Gasteiger partial charge on any atom is 0.224 e. The SMILES string of the molecule is NCC#Cc1cccc(NC(=O)CC2CC2)c1. The zero-order valence-corrected chi connectivity index (χ0v) is 9.70. The molecule has 3 nitrogen and oxygen atoms in total. The van der Waals surface area contributed by atoms with Gasteiger partial charge in [-0.05, 0) is 37.0 Å². The highest BCUT2D eigenvalue weighted by atomic mass is 16.1. The topological polar surface area (TPSA) is 55.1 Å². The Labute approximate surface area is 101 Å². The molecule has 0 unspecified atom stereocenters. The maximum atomic E-state index is 11.6. The number of benzene rings is 1. The summed E-state index contributed by atoms with van der Waals surface area (Å²) in [6, 6.07) is 7.53. The molecular weight excluding hydrogens is 212 g/mol. The molecule has 0 saturated heterocycles. The van der Waals surface area contributed by atoms with E-state index >= 15 is 0 Å². The van der Waals surface area contributed by atoms with Gasteiger partial charge >= 0.3 is 0 Å². The fourth-order valence-electron chi connectivity index (χ4n) is 1.62. The molecule has 0 aliphatic heterocycles. The van der Waals surface area contributed by atoms with Crippen molar-refractivity contribution < 1.29 is 4.79 Å². The molecule has 1 fully saturated rings. The quantitative estimate of drug-likeness (QED) is 0.774. The first-order valence-electron chi connectivity index (χ1n) is 5.87. The van der Waals surface area contributed by atoms with Gasteiger partial charge in [0.05, 0.1) is 6.54 Å². The fourth-order valence-corrected chi connectivity index (χ4v) is 1.62. The lowest BCUT2D eigenvalue weighted by molar-refractivity contribution is -0.116. The Morgan fingerprint density at radius 1 is 1.47 bits per heavy atom. The van der Waals surface area contributed by atoms with Crippen LogP contribution in [0.1, 0.15) is 24.8 Å². The summed E-state index contributed by atoms with van der Waals surface area (Å²) in [6.07, 6.45) is 3.02. The summed E-state index contributed by atoms with van der Waals surface area (Å²) in [7, 11) is 0. The molecular formula is C14H16N2O. The van der Waals surface area contributed by atoms with Gasteiger partial charge in [-0.25, -0.2) is 0 Å². The maximum absolute atomic E-state index is 11.6. The highest BCUT2D eigenvalue weighted by Gasteiger charge is 2.24. The summed E-state index contributed by atoms with van der Waals surface area (Å²) in [5.74, 6) is 6.44. The van der Waals surface area contributed by atoms with Crippen LogP contribution in [-0.4, -0.2) is 12.5 Å². The van der Waals surface area contributed by atoms with E-state index in [2.05, 4.69) is 17.2 Å². The minimum absolute atomic E-state index is 0.0939. The molecule has 1 amide bonds. The van der Waals surface area contributed by atoms with Crippen molar-refractivity contribution in [1.82, 2.24) is 0 Å². The Bertz CT molecular complexity index is 467.